The average molecular weight is 349 g/mol. The molecule has 0 saturated carbocycles. The predicted molar refractivity (Wildman–Crippen MR) is 99.6 cm³/mol. The van der Waals surface area contributed by atoms with Crippen molar-refractivity contribution >= 4 is 17.5 Å². The molecule has 6 heteroatoms. The molecule has 6 nitrogen and oxygen atoms in total. The first-order chi connectivity index (χ1) is 12.6. The molecule has 1 heterocycles. The van der Waals surface area contributed by atoms with Crippen molar-refractivity contribution in [3.05, 3.63) is 65.9 Å². The van der Waals surface area contributed by atoms with Crippen LogP contribution in [0.3, 0.4) is 0 Å². The first-order valence-electron chi connectivity index (χ1n) is 8.25. The molecular weight excluding hydrogens is 330 g/mol. The molecule has 0 aliphatic carbocycles. The van der Waals surface area contributed by atoms with Crippen LogP contribution in [0.5, 0.6) is 5.75 Å². The van der Waals surface area contributed by atoms with Gasteiger partial charge >= 0.3 is 5.97 Å². The number of esters is 1. The van der Waals surface area contributed by atoms with Crippen molar-refractivity contribution in [2.45, 2.75) is 13.8 Å². The van der Waals surface area contributed by atoms with Crippen molar-refractivity contribution < 1.29 is 14.6 Å². The number of carbonyl (C=O) groups is 1. The number of para-hydroxylation sites is 1. The SMILES string of the molecule is CCOC(=O)c1ccc(Nc2cc(C)nc(-c3ccccc3O)n2)cc1. The van der Waals surface area contributed by atoms with Gasteiger partial charge in [0.05, 0.1) is 17.7 Å². The van der Waals surface area contributed by atoms with Gasteiger partial charge in [0.15, 0.2) is 5.82 Å². The number of aromatic nitrogens is 2. The lowest BCUT2D eigenvalue weighted by atomic mass is 10.2. The van der Waals surface area contributed by atoms with Crippen LogP contribution in [0, 0.1) is 6.92 Å². The van der Waals surface area contributed by atoms with Crippen LogP contribution in [0.25, 0.3) is 11.4 Å². The van der Waals surface area contributed by atoms with Gasteiger partial charge in [-0.2, -0.15) is 0 Å². The zero-order chi connectivity index (χ0) is 18.5. The highest BCUT2D eigenvalue weighted by molar-refractivity contribution is 5.89. The third-order valence-corrected chi connectivity index (χ3v) is 3.67. The quantitative estimate of drug-likeness (QED) is 0.675. The van der Waals surface area contributed by atoms with E-state index in [0.717, 1.165) is 11.4 Å². The van der Waals surface area contributed by atoms with E-state index in [9.17, 15) is 9.90 Å². The summed E-state index contributed by atoms with van der Waals surface area (Å²) in [7, 11) is 0. The average Bonchev–Trinajstić information content (AvgIpc) is 2.62. The standard InChI is InChI=1S/C20H19N3O3/c1-3-26-20(25)14-8-10-15(11-9-14)22-18-12-13(2)21-19(23-18)16-6-4-5-7-17(16)24/h4-12,24H,3H2,1-2H3,(H,21,22,23). The van der Waals surface area contributed by atoms with E-state index in [4.69, 9.17) is 4.74 Å². The van der Waals surface area contributed by atoms with E-state index >= 15 is 0 Å². The van der Waals surface area contributed by atoms with Gasteiger partial charge in [-0.15, -0.1) is 0 Å². The van der Waals surface area contributed by atoms with E-state index in [1.807, 2.05) is 19.1 Å². The molecule has 3 rings (SSSR count). The van der Waals surface area contributed by atoms with Crippen LogP contribution in [-0.4, -0.2) is 27.7 Å². The number of aromatic hydroxyl groups is 1. The summed E-state index contributed by atoms with van der Waals surface area (Å²) in [5.41, 5.74) is 2.60. The Labute approximate surface area is 151 Å². The monoisotopic (exact) mass is 349 g/mol. The number of nitrogens with zero attached hydrogens (tertiary/aromatic N) is 2. The maximum absolute atomic E-state index is 11.7. The number of ether oxygens (including phenoxy) is 1. The summed E-state index contributed by atoms with van der Waals surface area (Å²) in [6.07, 6.45) is 0. The van der Waals surface area contributed by atoms with E-state index in [-0.39, 0.29) is 11.7 Å². The maximum Gasteiger partial charge on any atom is 0.338 e. The summed E-state index contributed by atoms with van der Waals surface area (Å²) in [4.78, 5) is 20.6. The number of anilines is 2. The van der Waals surface area contributed by atoms with Crippen molar-refractivity contribution in [1.82, 2.24) is 9.97 Å². The second-order valence-electron chi connectivity index (χ2n) is 5.66. The lowest BCUT2D eigenvalue weighted by Crippen LogP contribution is -2.04. The van der Waals surface area contributed by atoms with Crippen LogP contribution in [0.1, 0.15) is 23.0 Å². The molecule has 132 valence electrons. The van der Waals surface area contributed by atoms with E-state index in [1.54, 1.807) is 49.4 Å². The molecule has 0 bridgehead atoms. The van der Waals surface area contributed by atoms with Crippen LogP contribution in [0.15, 0.2) is 54.6 Å². The number of hydrogen-bond acceptors (Lipinski definition) is 6. The fraction of sp³-hybridized carbons (Fsp3) is 0.150. The molecule has 0 saturated heterocycles. The molecule has 0 amide bonds. The van der Waals surface area contributed by atoms with Crippen LogP contribution in [-0.2, 0) is 4.74 Å². The van der Waals surface area contributed by atoms with Crippen LogP contribution in [0.2, 0.25) is 0 Å². The predicted octanol–water partition coefficient (Wildman–Crippen LogP) is 4.08. The van der Waals surface area contributed by atoms with Gasteiger partial charge in [0.25, 0.3) is 0 Å². The zero-order valence-electron chi connectivity index (χ0n) is 14.6. The van der Waals surface area contributed by atoms with Crippen molar-refractivity contribution in [2.24, 2.45) is 0 Å². The number of carbonyl (C=O) groups excluding carboxylic acids is 1. The summed E-state index contributed by atoms with van der Waals surface area (Å²) >= 11 is 0. The highest BCUT2D eigenvalue weighted by Gasteiger charge is 2.10. The Kier molecular flexibility index (Phi) is 5.12. The van der Waals surface area contributed by atoms with Gasteiger partial charge in [0, 0.05) is 17.4 Å². The summed E-state index contributed by atoms with van der Waals surface area (Å²) in [5, 5.41) is 13.2. The second-order valence-corrected chi connectivity index (χ2v) is 5.66. The van der Waals surface area contributed by atoms with Crippen molar-refractivity contribution in [3.8, 4) is 17.1 Å². The molecule has 0 radical (unpaired) electrons. The molecule has 0 fully saturated rings. The highest BCUT2D eigenvalue weighted by atomic mass is 16.5. The molecule has 26 heavy (non-hydrogen) atoms. The van der Waals surface area contributed by atoms with E-state index in [1.165, 1.54) is 0 Å². The zero-order valence-corrected chi connectivity index (χ0v) is 14.6. The lowest BCUT2D eigenvalue weighted by Gasteiger charge is -2.10. The van der Waals surface area contributed by atoms with Gasteiger partial charge in [-0.3, -0.25) is 0 Å². The van der Waals surface area contributed by atoms with Gasteiger partial charge in [-0.05, 0) is 50.2 Å². The molecule has 0 aliphatic heterocycles. The van der Waals surface area contributed by atoms with E-state index in [0.29, 0.717) is 29.4 Å². The minimum absolute atomic E-state index is 0.128. The minimum Gasteiger partial charge on any atom is -0.507 e. The fourth-order valence-electron chi connectivity index (χ4n) is 2.47. The summed E-state index contributed by atoms with van der Waals surface area (Å²) in [6, 6.07) is 15.7. The van der Waals surface area contributed by atoms with E-state index in [2.05, 4.69) is 15.3 Å². The number of hydrogen-bond donors (Lipinski definition) is 2. The maximum atomic E-state index is 11.7. The molecule has 3 aromatic rings. The van der Waals surface area contributed by atoms with Crippen LogP contribution >= 0.6 is 0 Å². The first kappa shape index (κ1) is 17.4. The van der Waals surface area contributed by atoms with E-state index < -0.39 is 0 Å². The number of rotatable bonds is 5. The summed E-state index contributed by atoms with van der Waals surface area (Å²) < 4.78 is 4.97. The second kappa shape index (κ2) is 7.65. The molecular formula is C20H19N3O3. The van der Waals surface area contributed by atoms with Gasteiger partial charge < -0.3 is 15.2 Å². The van der Waals surface area contributed by atoms with Crippen molar-refractivity contribution in [2.75, 3.05) is 11.9 Å². The molecule has 0 aliphatic rings. The lowest BCUT2D eigenvalue weighted by molar-refractivity contribution is 0.0526. The molecule has 1 aromatic heterocycles. The number of benzene rings is 2. The normalized spacial score (nSPS) is 10.4. The Morgan fingerprint density at radius 3 is 2.54 bits per heavy atom. The molecule has 0 atom stereocenters. The van der Waals surface area contributed by atoms with Gasteiger partial charge in [0.2, 0.25) is 0 Å². The highest BCUT2D eigenvalue weighted by Crippen LogP contribution is 2.27. The Morgan fingerprint density at radius 2 is 1.85 bits per heavy atom. The Hall–Kier alpha value is -3.41. The Balaban J connectivity index is 1.84. The van der Waals surface area contributed by atoms with Gasteiger partial charge in [0.1, 0.15) is 11.6 Å². The Morgan fingerprint density at radius 1 is 1.12 bits per heavy atom. The number of phenolic OH excluding ortho intramolecular Hbond substituents is 1. The largest absolute Gasteiger partial charge is 0.507 e. The molecule has 0 spiro atoms. The third kappa shape index (κ3) is 3.97. The van der Waals surface area contributed by atoms with Crippen LogP contribution in [0.4, 0.5) is 11.5 Å². The van der Waals surface area contributed by atoms with Gasteiger partial charge in [-0.1, -0.05) is 12.1 Å². The van der Waals surface area contributed by atoms with Crippen molar-refractivity contribution in [3.63, 3.8) is 0 Å². The number of aryl methyl sites for hydroxylation is 1. The molecule has 0 unspecified atom stereocenters. The third-order valence-electron chi connectivity index (χ3n) is 3.67. The van der Waals surface area contributed by atoms with Crippen molar-refractivity contribution in [1.29, 1.82) is 0 Å². The molecule has 2 N–H and O–H groups in total. The minimum atomic E-state index is -0.348. The van der Waals surface area contributed by atoms with Crippen LogP contribution < -0.4 is 5.32 Å². The smallest absolute Gasteiger partial charge is 0.338 e. The van der Waals surface area contributed by atoms with Gasteiger partial charge in [-0.25, -0.2) is 14.8 Å². The summed E-state index contributed by atoms with van der Waals surface area (Å²) in [6.45, 7) is 3.97. The Bertz CT molecular complexity index is 924. The molecule has 2 aromatic carbocycles. The number of nitrogens with one attached hydrogen (secondary N) is 1. The fourth-order valence-corrected chi connectivity index (χ4v) is 2.47. The number of phenols is 1. The summed E-state index contributed by atoms with van der Waals surface area (Å²) in [5.74, 6) is 0.815. The first-order valence-corrected chi connectivity index (χ1v) is 8.25. The topological polar surface area (TPSA) is 84.3 Å².